The molecule has 36 heavy (non-hydrogen) atoms. The number of hydrogen-bond acceptors (Lipinski definition) is 2. The zero-order chi connectivity index (χ0) is 25.3. The van der Waals surface area contributed by atoms with Crippen LogP contribution < -0.4 is 5.32 Å². The summed E-state index contributed by atoms with van der Waals surface area (Å²) in [5.41, 5.74) is 5.36. The highest BCUT2D eigenvalue weighted by molar-refractivity contribution is 5.89. The molecule has 1 fully saturated rings. The Morgan fingerprint density at radius 2 is 1.50 bits per heavy atom. The lowest BCUT2D eigenvalue weighted by Crippen LogP contribution is -2.53. The smallest absolute Gasteiger partial charge is 0.243 e. The molecule has 2 amide bonds. The second-order valence-corrected chi connectivity index (χ2v) is 10.2. The molecule has 0 bridgehead atoms. The minimum atomic E-state index is -0.576. The van der Waals surface area contributed by atoms with Gasteiger partial charge in [-0.3, -0.25) is 9.59 Å². The van der Waals surface area contributed by atoms with E-state index in [9.17, 15) is 9.59 Å². The summed E-state index contributed by atoms with van der Waals surface area (Å²) < 4.78 is 0. The minimum absolute atomic E-state index is 0.0269. The Morgan fingerprint density at radius 3 is 2.19 bits per heavy atom. The summed E-state index contributed by atoms with van der Waals surface area (Å²) in [6.07, 6.45) is 6.31. The van der Waals surface area contributed by atoms with Crippen molar-refractivity contribution in [2.24, 2.45) is 0 Å². The Hall–Kier alpha value is -3.40. The van der Waals surface area contributed by atoms with Crippen molar-refractivity contribution in [3.63, 3.8) is 0 Å². The van der Waals surface area contributed by atoms with Crippen molar-refractivity contribution in [1.29, 1.82) is 0 Å². The number of rotatable bonds is 9. The summed E-state index contributed by atoms with van der Waals surface area (Å²) in [6.45, 7) is 4.49. The van der Waals surface area contributed by atoms with Gasteiger partial charge < -0.3 is 10.2 Å². The summed E-state index contributed by atoms with van der Waals surface area (Å²) in [5, 5.41) is 3.31. The van der Waals surface area contributed by atoms with Crippen molar-refractivity contribution < 1.29 is 9.59 Å². The van der Waals surface area contributed by atoms with Gasteiger partial charge in [-0.2, -0.15) is 0 Å². The molecule has 0 spiro atoms. The SMILES string of the molecule is Cc1ccc(CN(C(=O)Cc2cccc(C)c2)C(Cc2ccccc2)C(=O)NC2CCCCC2)cc1. The van der Waals surface area contributed by atoms with Gasteiger partial charge in [0.2, 0.25) is 11.8 Å². The van der Waals surface area contributed by atoms with Gasteiger partial charge in [-0.15, -0.1) is 0 Å². The third-order valence-corrected chi connectivity index (χ3v) is 7.13. The standard InChI is InChI=1S/C32H38N2O2/c1-24-16-18-27(19-17-24)23-34(31(35)22-28-13-9-10-25(2)20-28)30(21-26-11-5-3-6-12-26)32(36)33-29-14-7-4-8-15-29/h3,5-6,9-13,16-20,29-30H,4,7-8,14-15,21-23H2,1-2H3,(H,33,36). The van der Waals surface area contributed by atoms with Crippen LogP contribution in [0.25, 0.3) is 0 Å². The van der Waals surface area contributed by atoms with E-state index >= 15 is 0 Å². The molecule has 1 aliphatic carbocycles. The lowest BCUT2D eigenvalue weighted by molar-refractivity contribution is -0.141. The Kier molecular flexibility index (Phi) is 8.94. The van der Waals surface area contributed by atoms with Crippen LogP contribution in [0.5, 0.6) is 0 Å². The second-order valence-electron chi connectivity index (χ2n) is 10.2. The van der Waals surface area contributed by atoms with E-state index in [2.05, 4.69) is 42.6 Å². The van der Waals surface area contributed by atoms with E-state index < -0.39 is 6.04 Å². The molecule has 188 valence electrons. The number of carbonyl (C=O) groups is 2. The molecule has 0 aromatic heterocycles. The maximum absolute atomic E-state index is 13.9. The normalized spacial score (nSPS) is 14.7. The number of nitrogens with zero attached hydrogens (tertiary/aromatic N) is 1. The van der Waals surface area contributed by atoms with Crippen LogP contribution in [-0.2, 0) is 29.0 Å². The van der Waals surface area contributed by atoms with E-state index in [1.165, 1.54) is 12.0 Å². The number of hydrogen-bond donors (Lipinski definition) is 1. The quantitative estimate of drug-likeness (QED) is 0.411. The van der Waals surface area contributed by atoms with E-state index in [1.807, 2.05) is 55.5 Å². The second kappa shape index (κ2) is 12.5. The maximum Gasteiger partial charge on any atom is 0.243 e. The molecule has 0 saturated heterocycles. The van der Waals surface area contributed by atoms with Gasteiger partial charge >= 0.3 is 0 Å². The van der Waals surface area contributed by atoms with Gasteiger partial charge in [0.1, 0.15) is 6.04 Å². The maximum atomic E-state index is 13.9. The fraction of sp³-hybridized carbons (Fsp3) is 0.375. The van der Waals surface area contributed by atoms with Crippen molar-refractivity contribution in [1.82, 2.24) is 10.2 Å². The van der Waals surface area contributed by atoms with Crippen molar-refractivity contribution in [2.75, 3.05) is 0 Å². The molecule has 1 atom stereocenters. The Labute approximate surface area is 215 Å². The highest BCUT2D eigenvalue weighted by Gasteiger charge is 2.32. The fourth-order valence-electron chi connectivity index (χ4n) is 5.09. The topological polar surface area (TPSA) is 49.4 Å². The molecule has 4 nitrogen and oxygen atoms in total. The van der Waals surface area contributed by atoms with Gasteiger partial charge in [0.15, 0.2) is 0 Å². The summed E-state index contributed by atoms with van der Waals surface area (Å²) in [4.78, 5) is 29.5. The fourth-order valence-corrected chi connectivity index (χ4v) is 5.09. The lowest BCUT2D eigenvalue weighted by Gasteiger charge is -2.33. The first kappa shape index (κ1) is 25.7. The van der Waals surface area contributed by atoms with Gasteiger partial charge in [0, 0.05) is 19.0 Å². The molecule has 0 heterocycles. The van der Waals surface area contributed by atoms with Crippen LogP contribution >= 0.6 is 0 Å². The van der Waals surface area contributed by atoms with Crippen molar-refractivity contribution in [3.05, 3.63) is 107 Å². The highest BCUT2D eigenvalue weighted by atomic mass is 16.2. The Bertz CT molecular complexity index is 1130. The summed E-state index contributed by atoms with van der Waals surface area (Å²) in [6, 6.07) is 26.0. The van der Waals surface area contributed by atoms with Crippen LogP contribution in [0.1, 0.15) is 59.9 Å². The zero-order valence-corrected chi connectivity index (χ0v) is 21.6. The van der Waals surface area contributed by atoms with Crippen LogP contribution in [0.4, 0.5) is 0 Å². The molecule has 1 aliphatic rings. The molecule has 1 N–H and O–H groups in total. The van der Waals surface area contributed by atoms with Crippen LogP contribution in [0.3, 0.4) is 0 Å². The number of amides is 2. The first-order valence-corrected chi connectivity index (χ1v) is 13.2. The average molecular weight is 483 g/mol. The van der Waals surface area contributed by atoms with Gasteiger partial charge in [-0.1, -0.05) is 109 Å². The van der Waals surface area contributed by atoms with Gasteiger partial charge in [0.25, 0.3) is 0 Å². The summed E-state index contributed by atoms with van der Waals surface area (Å²) >= 11 is 0. The number of carbonyl (C=O) groups excluding carboxylic acids is 2. The van der Waals surface area contributed by atoms with E-state index in [0.717, 1.165) is 47.9 Å². The van der Waals surface area contributed by atoms with E-state index in [-0.39, 0.29) is 24.3 Å². The summed E-state index contributed by atoms with van der Waals surface area (Å²) in [5.74, 6) is -0.0728. The predicted octanol–water partition coefficient (Wildman–Crippen LogP) is 5.93. The third kappa shape index (κ3) is 7.30. The zero-order valence-electron chi connectivity index (χ0n) is 21.6. The van der Waals surface area contributed by atoms with Crippen molar-refractivity contribution in [2.45, 2.75) is 77.4 Å². The van der Waals surface area contributed by atoms with E-state index in [4.69, 9.17) is 0 Å². The molecular weight excluding hydrogens is 444 g/mol. The third-order valence-electron chi connectivity index (χ3n) is 7.13. The first-order valence-electron chi connectivity index (χ1n) is 13.2. The molecule has 1 saturated carbocycles. The number of aryl methyl sites for hydroxylation is 2. The lowest BCUT2D eigenvalue weighted by atomic mass is 9.94. The molecule has 4 heteroatoms. The van der Waals surface area contributed by atoms with Crippen LogP contribution in [0.2, 0.25) is 0 Å². The van der Waals surface area contributed by atoms with Crippen LogP contribution in [-0.4, -0.2) is 28.8 Å². The number of benzene rings is 3. The Morgan fingerprint density at radius 1 is 0.806 bits per heavy atom. The summed E-state index contributed by atoms with van der Waals surface area (Å²) in [7, 11) is 0. The van der Waals surface area contributed by atoms with E-state index in [1.54, 1.807) is 4.90 Å². The predicted molar refractivity (Wildman–Crippen MR) is 146 cm³/mol. The van der Waals surface area contributed by atoms with Crippen molar-refractivity contribution in [3.8, 4) is 0 Å². The average Bonchev–Trinajstić information content (AvgIpc) is 2.88. The Balaban J connectivity index is 1.65. The molecule has 3 aromatic carbocycles. The molecular formula is C32H38N2O2. The first-order chi connectivity index (χ1) is 17.5. The molecule has 0 radical (unpaired) electrons. The minimum Gasteiger partial charge on any atom is -0.352 e. The highest BCUT2D eigenvalue weighted by Crippen LogP contribution is 2.21. The molecule has 1 unspecified atom stereocenters. The van der Waals surface area contributed by atoms with Gasteiger partial charge in [0.05, 0.1) is 6.42 Å². The van der Waals surface area contributed by atoms with Gasteiger partial charge in [-0.05, 0) is 43.4 Å². The monoisotopic (exact) mass is 482 g/mol. The van der Waals surface area contributed by atoms with Gasteiger partial charge in [-0.25, -0.2) is 0 Å². The van der Waals surface area contributed by atoms with E-state index in [0.29, 0.717) is 13.0 Å². The molecule has 4 rings (SSSR count). The van der Waals surface area contributed by atoms with Crippen LogP contribution in [0, 0.1) is 13.8 Å². The van der Waals surface area contributed by atoms with Crippen LogP contribution in [0.15, 0.2) is 78.9 Å². The number of nitrogens with one attached hydrogen (secondary N) is 1. The molecule has 0 aliphatic heterocycles. The van der Waals surface area contributed by atoms with Crippen molar-refractivity contribution >= 4 is 11.8 Å². The largest absolute Gasteiger partial charge is 0.352 e. The molecule has 3 aromatic rings.